The number of nitrogens with one attached hydrogen (secondary N) is 1. The van der Waals surface area contributed by atoms with E-state index in [1.54, 1.807) is 7.11 Å². The van der Waals surface area contributed by atoms with Crippen LogP contribution in [0.2, 0.25) is 0 Å². The molecule has 0 spiro atoms. The summed E-state index contributed by atoms with van der Waals surface area (Å²) >= 11 is 0. The summed E-state index contributed by atoms with van der Waals surface area (Å²) < 4.78 is 10.8. The predicted octanol–water partition coefficient (Wildman–Crippen LogP) is 2.34. The molecule has 1 aliphatic rings. The number of likely N-dealkylation sites (tertiary alicyclic amines) is 1. The van der Waals surface area contributed by atoms with Crippen molar-refractivity contribution in [3.8, 4) is 0 Å². The number of aliphatic imine (C=N–C) groups is 1. The maximum absolute atomic E-state index is 5.58. The molecule has 22 heavy (non-hydrogen) atoms. The van der Waals surface area contributed by atoms with Gasteiger partial charge in [0.15, 0.2) is 5.96 Å². The summed E-state index contributed by atoms with van der Waals surface area (Å²) in [6.07, 6.45) is 1.15. The third-order valence-electron chi connectivity index (χ3n) is 3.76. The van der Waals surface area contributed by atoms with Crippen molar-refractivity contribution in [2.45, 2.75) is 33.7 Å². The lowest BCUT2D eigenvalue weighted by Crippen LogP contribution is -2.40. The molecule has 1 aromatic rings. The van der Waals surface area contributed by atoms with Gasteiger partial charge in [0.05, 0.1) is 12.3 Å². The lowest BCUT2D eigenvalue weighted by atomic mass is 10.1. The van der Waals surface area contributed by atoms with E-state index in [1.165, 1.54) is 0 Å². The lowest BCUT2D eigenvalue weighted by Gasteiger charge is -2.21. The number of hydrogen-bond acceptors (Lipinski definition) is 4. The zero-order valence-electron chi connectivity index (χ0n) is 13.9. The van der Waals surface area contributed by atoms with Gasteiger partial charge in [-0.3, -0.25) is 0 Å². The molecule has 1 N–H and O–H groups in total. The van der Waals surface area contributed by atoms with Crippen LogP contribution in [0.15, 0.2) is 9.41 Å². The highest BCUT2D eigenvalue weighted by Crippen LogP contribution is 2.17. The average molecular weight is 422 g/mol. The van der Waals surface area contributed by atoms with Gasteiger partial charge in [-0.05, 0) is 27.2 Å². The van der Waals surface area contributed by atoms with Gasteiger partial charge in [0.25, 0.3) is 0 Å². The summed E-state index contributed by atoms with van der Waals surface area (Å²) in [5.74, 6) is 3.06. The first kappa shape index (κ1) is 19.2. The summed E-state index contributed by atoms with van der Waals surface area (Å²) in [5, 5.41) is 3.34. The molecule has 1 aromatic heterocycles. The molecule has 0 amide bonds. The van der Waals surface area contributed by atoms with E-state index in [0.29, 0.717) is 18.4 Å². The molecule has 0 aliphatic carbocycles. The van der Waals surface area contributed by atoms with Crippen LogP contribution >= 0.6 is 24.0 Å². The van der Waals surface area contributed by atoms with Gasteiger partial charge in [0, 0.05) is 32.7 Å². The Morgan fingerprint density at radius 3 is 2.86 bits per heavy atom. The first-order valence-electron chi connectivity index (χ1n) is 7.59. The third-order valence-corrected chi connectivity index (χ3v) is 3.76. The van der Waals surface area contributed by atoms with Crippen molar-refractivity contribution in [1.82, 2.24) is 15.2 Å². The molecule has 2 rings (SSSR count). The van der Waals surface area contributed by atoms with Crippen LogP contribution < -0.4 is 5.32 Å². The quantitative estimate of drug-likeness (QED) is 0.449. The van der Waals surface area contributed by atoms with Gasteiger partial charge in [0.2, 0.25) is 5.89 Å². The molecule has 1 atom stereocenters. The number of rotatable bonds is 5. The Bertz CT molecular complexity index is 470. The van der Waals surface area contributed by atoms with E-state index in [0.717, 1.165) is 50.1 Å². The van der Waals surface area contributed by atoms with Gasteiger partial charge in [-0.2, -0.15) is 0 Å². The Morgan fingerprint density at radius 1 is 1.50 bits per heavy atom. The maximum Gasteiger partial charge on any atom is 0.216 e. The first-order valence-corrected chi connectivity index (χ1v) is 7.59. The van der Waals surface area contributed by atoms with Crippen LogP contribution in [0.5, 0.6) is 0 Å². The van der Waals surface area contributed by atoms with E-state index in [-0.39, 0.29) is 24.0 Å². The fraction of sp³-hybridized carbons (Fsp3) is 0.733. The summed E-state index contributed by atoms with van der Waals surface area (Å²) in [6, 6.07) is 0. The molecular formula is C15H27IN4O2. The molecule has 1 aliphatic heterocycles. The number of oxazole rings is 1. The average Bonchev–Trinajstić information content (AvgIpc) is 3.03. The largest absolute Gasteiger partial charge is 0.444 e. The maximum atomic E-state index is 5.58. The fourth-order valence-corrected chi connectivity index (χ4v) is 2.57. The van der Waals surface area contributed by atoms with Crippen LogP contribution in [-0.2, 0) is 11.3 Å². The van der Waals surface area contributed by atoms with Crippen molar-refractivity contribution < 1.29 is 9.15 Å². The number of guanidine groups is 1. The highest BCUT2D eigenvalue weighted by Gasteiger charge is 2.24. The van der Waals surface area contributed by atoms with Crippen LogP contribution in [-0.4, -0.2) is 49.2 Å². The van der Waals surface area contributed by atoms with Gasteiger partial charge in [-0.15, -0.1) is 24.0 Å². The van der Waals surface area contributed by atoms with Crippen molar-refractivity contribution >= 4 is 29.9 Å². The van der Waals surface area contributed by atoms with E-state index >= 15 is 0 Å². The van der Waals surface area contributed by atoms with Crippen LogP contribution in [0.4, 0.5) is 0 Å². The number of nitrogens with zero attached hydrogens (tertiary/aromatic N) is 3. The Morgan fingerprint density at radius 2 is 2.27 bits per heavy atom. The highest BCUT2D eigenvalue weighted by atomic mass is 127. The molecule has 7 heteroatoms. The molecular weight excluding hydrogens is 395 g/mol. The van der Waals surface area contributed by atoms with E-state index in [4.69, 9.17) is 9.15 Å². The van der Waals surface area contributed by atoms with Crippen LogP contribution in [0.25, 0.3) is 0 Å². The molecule has 1 saturated heterocycles. The normalized spacial score (nSPS) is 18.5. The van der Waals surface area contributed by atoms with Crippen LogP contribution in [0.3, 0.4) is 0 Å². The second-order valence-electron chi connectivity index (χ2n) is 5.48. The zero-order valence-corrected chi connectivity index (χ0v) is 16.2. The summed E-state index contributed by atoms with van der Waals surface area (Å²) in [7, 11) is 1.76. The van der Waals surface area contributed by atoms with Crippen molar-refractivity contribution in [2.75, 3.05) is 33.4 Å². The number of hydrogen-bond donors (Lipinski definition) is 1. The molecule has 2 heterocycles. The van der Waals surface area contributed by atoms with E-state index in [1.807, 2.05) is 13.8 Å². The van der Waals surface area contributed by atoms with Gasteiger partial charge in [-0.1, -0.05) is 0 Å². The second kappa shape index (κ2) is 9.34. The van der Waals surface area contributed by atoms with Crippen molar-refractivity contribution in [3.05, 3.63) is 17.3 Å². The molecule has 0 aromatic carbocycles. The van der Waals surface area contributed by atoms with Crippen LogP contribution in [0.1, 0.15) is 30.7 Å². The standard InChI is InChI=1S/C15H26N4O2.HI/c1-5-16-15(19-7-6-13(9-19)10-20-4)17-8-14-18-11(2)12(3)21-14;/h13H,5-10H2,1-4H3,(H,16,17);1H. The third kappa shape index (κ3) is 5.12. The zero-order chi connectivity index (χ0) is 15.2. The molecule has 6 nitrogen and oxygen atoms in total. The Kier molecular flexibility index (Phi) is 8.16. The number of methoxy groups -OCH3 is 1. The SMILES string of the molecule is CCNC(=NCc1nc(C)c(C)o1)N1CCC(COC)C1.I. The minimum Gasteiger partial charge on any atom is -0.444 e. The predicted molar refractivity (Wildman–Crippen MR) is 97.8 cm³/mol. The monoisotopic (exact) mass is 422 g/mol. The minimum absolute atomic E-state index is 0. The smallest absolute Gasteiger partial charge is 0.216 e. The van der Waals surface area contributed by atoms with Crippen molar-refractivity contribution in [2.24, 2.45) is 10.9 Å². The topological polar surface area (TPSA) is 62.9 Å². The van der Waals surface area contributed by atoms with Gasteiger partial charge >= 0.3 is 0 Å². The molecule has 0 bridgehead atoms. The van der Waals surface area contributed by atoms with E-state index in [9.17, 15) is 0 Å². The molecule has 126 valence electrons. The summed E-state index contributed by atoms with van der Waals surface area (Å²) in [5.41, 5.74) is 0.937. The van der Waals surface area contributed by atoms with Gasteiger partial charge in [0.1, 0.15) is 12.3 Å². The second-order valence-corrected chi connectivity index (χ2v) is 5.48. The summed E-state index contributed by atoms with van der Waals surface area (Å²) in [4.78, 5) is 11.3. The van der Waals surface area contributed by atoms with Crippen molar-refractivity contribution in [1.29, 1.82) is 0 Å². The van der Waals surface area contributed by atoms with E-state index in [2.05, 4.69) is 27.1 Å². The van der Waals surface area contributed by atoms with Gasteiger partial charge < -0.3 is 19.4 Å². The van der Waals surface area contributed by atoms with Gasteiger partial charge in [-0.25, -0.2) is 9.98 Å². The van der Waals surface area contributed by atoms with E-state index < -0.39 is 0 Å². The number of aromatic nitrogens is 1. The molecule has 0 radical (unpaired) electrons. The fourth-order valence-electron chi connectivity index (χ4n) is 2.57. The molecule has 1 fully saturated rings. The summed E-state index contributed by atoms with van der Waals surface area (Å²) in [6.45, 7) is 10.1. The Hall–Kier alpha value is -0.830. The van der Waals surface area contributed by atoms with Crippen LogP contribution in [0, 0.1) is 19.8 Å². The Labute approximate surface area is 149 Å². The van der Waals surface area contributed by atoms with Crippen molar-refractivity contribution in [3.63, 3.8) is 0 Å². The highest BCUT2D eigenvalue weighted by molar-refractivity contribution is 14.0. The molecule has 1 unspecified atom stereocenters. The number of aryl methyl sites for hydroxylation is 2. The Balaban J connectivity index is 0.00000242. The minimum atomic E-state index is 0. The number of halogens is 1. The molecule has 0 saturated carbocycles. The lowest BCUT2D eigenvalue weighted by molar-refractivity contribution is 0.157. The number of ether oxygens (including phenoxy) is 1. The first-order chi connectivity index (χ1) is 10.1.